The quantitative estimate of drug-likeness (QED) is 0.825. The van der Waals surface area contributed by atoms with E-state index in [1.54, 1.807) is 27.4 Å². The SMILES string of the molecule is COc1ccc(C(O)CCC(C)C)c(OC)c1OC. The Bertz CT molecular complexity index is 401. The predicted octanol–water partition coefficient (Wildman–Crippen LogP) is 3.18. The third-order valence-corrected chi connectivity index (χ3v) is 3.11. The van der Waals surface area contributed by atoms with Gasteiger partial charge < -0.3 is 19.3 Å². The average Bonchev–Trinajstić information content (AvgIpc) is 2.42. The lowest BCUT2D eigenvalue weighted by atomic mass is 9.98. The third-order valence-electron chi connectivity index (χ3n) is 3.11. The van der Waals surface area contributed by atoms with E-state index in [-0.39, 0.29) is 0 Å². The standard InChI is InChI=1S/C15H24O4/c1-10(2)6-8-12(16)11-7-9-13(17-3)15(19-5)14(11)18-4/h7,9-10,12,16H,6,8H2,1-5H3. The molecule has 108 valence electrons. The highest BCUT2D eigenvalue weighted by atomic mass is 16.5. The molecule has 1 N–H and O–H groups in total. The minimum atomic E-state index is -0.558. The molecular weight excluding hydrogens is 244 g/mol. The van der Waals surface area contributed by atoms with Crippen LogP contribution in [0.1, 0.15) is 38.4 Å². The van der Waals surface area contributed by atoms with Gasteiger partial charge in [0.2, 0.25) is 5.75 Å². The zero-order chi connectivity index (χ0) is 14.4. The first-order valence-electron chi connectivity index (χ1n) is 6.52. The van der Waals surface area contributed by atoms with Gasteiger partial charge in [-0.2, -0.15) is 0 Å². The fraction of sp³-hybridized carbons (Fsp3) is 0.600. The summed E-state index contributed by atoms with van der Waals surface area (Å²) in [7, 11) is 4.70. The smallest absolute Gasteiger partial charge is 0.203 e. The summed E-state index contributed by atoms with van der Waals surface area (Å²) >= 11 is 0. The van der Waals surface area contributed by atoms with E-state index < -0.39 is 6.10 Å². The van der Waals surface area contributed by atoms with E-state index in [4.69, 9.17) is 14.2 Å². The Balaban J connectivity index is 3.06. The molecule has 4 heteroatoms. The number of aliphatic hydroxyl groups excluding tert-OH is 1. The molecule has 1 unspecified atom stereocenters. The van der Waals surface area contributed by atoms with E-state index >= 15 is 0 Å². The monoisotopic (exact) mass is 268 g/mol. The van der Waals surface area contributed by atoms with Crippen LogP contribution in [0.5, 0.6) is 17.2 Å². The number of methoxy groups -OCH3 is 3. The molecule has 1 atom stereocenters. The molecule has 1 aromatic rings. The summed E-state index contributed by atoms with van der Waals surface area (Å²) in [5, 5.41) is 10.3. The average molecular weight is 268 g/mol. The highest BCUT2D eigenvalue weighted by Gasteiger charge is 2.20. The maximum Gasteiger partial charge on any atom is 0.203 e. The van der Waals surface area contributed by atoms with Crippen molar-refractivity contribution in [1.29, 1.82) is 0 Å². The van der Waals surface area contributed by atoms with E-state index in [1.165, 1.54) is 0 Å². The molecule has 0 saturated heterocycles. The molecule has 0 aliphatic carbocycles. The Morgan fingerprint density at radius 1 is 0.947 bits per heavy atom. The second kappa shape index (κ2) is 7.24. The summed E-state index contributed by atoms with van der Waals surface area (Å²) in [5.74, 6) is 2.21. The van der Waals surface area contributed by atoms with Crippen molar-refractivity contribution in [2.24, 2.45) is 5.92 Å². The third kappa shape index (κ3) is 3.77. The van der Waals surface area contributed by atoms with Crippen LogP contribution in [0, 0.1) is 5.92 Å². The molecule has 0 heterocycles. The van der Waals surface area contributed by atoms with Crippen LogP contribution in [-0.2, 0) is 0 Å². The minimum Gasteiger partial charge on any atom is -0.493 e. The molecule has 0 aliphatic heterocycles. The van der Waals surface area contributed by atoms with Gasteiger partial charge in [-0.1, -0.05) is 13.8 Å². The summed E-state index contributed by atoms with van der Waals surface area (Å²) in [6.45, 7) is 4.27. The lowest BCUT2D eigenvalue weighted by molar-refractivity contribution is 0.154. The van der Waals surface area contributed by atoms with Gasteiger partial charge in [0.05, 0.1) is 27.4 Å². The maximum atomic E-state index is 10.3. The first-order valence-corrected chi connectivity index (χ1v) is 6.52. The number of hydrogen-bond acceptors (Lipinski definition) is 4. The van der Waals surface area contributed by atoms with Crippen LogP contribution < -0.4 is 14.2 Å². The van der Waals surface area contributed by atoms with Gasteiger partial charge in [-0.05, 0) is 30.9 Å². The number of aliphatic hydroxyl groups is 1. The van der Waals surface area contributed by atoms with Crippen LogP contribution in [0.15, 0.2) is 12.1 Å². The summed E-state index contributed by atoms with van der Waals surface area (Å²) in [6.07, 6.45) is 1.10. The number of rotatable bonds is 7. The van der Waals surface area contributed by atoms with Crippen molar-refractivity contribution in [1.82, 2.24) is 0 Å². The van der Waals surface area contributed by atoms with Gasteiger partial charge in [0.1, 0.15) is 0 Å². The van der Waals surface area contributed by atoms with Crippen molar-refractivity contribution in [3.8, 4) is 17.2 Å². The van der Waals surface area contributed by atoms with Gasteiger partial charge in [-0.15, -0.1) is 0 Å². The molecule has 0 amide bonds. The lowest BCUT2D eigenvalue weighted by Crippen LogP contribution is -2.05. The molecule has 19 heavy (non-hydrogen) atoms. The maximum absolute atomic E-state index is 10.3. The van der Waals surface area contributed by atoms with E-state index in [0.717, 1.165) is 12.0 Å². The highest BCUT2D eigenvalue weighted by molar-refractivity contribution is 5.56. The summed E-state index contributed by atoms with van der Waals surface area (Å²) in [6, 6.07) is 3.61. The fourth-order valence-electron chi connectivity index (χ4n) is 2.03. The number of hydrogen-bond donors (Lipinski definition) is 1. The summed E-state index contributed by atoms with van der Waals surface area (Å²) in [4.78, 5) is 0. The molecule has 0 aliphatic rings. The van der Waals surface area contributed by atoms with Crippen molar-refractivity contribution in [2.75, 3.05) is 21.3 Å². The Morgan fingerprint density at radius 3 is 2.05 bits per heavy atom. The Morgan fingerprint density at radius 2 is 1.58 bits per heavy atom. The highest BCUT2D eigenvalue weighted by Crippen LogP contribution is 2.42. The minimum absolute atomic E-state index is 0.520. The summed E-state index contributed by atoms with van der Waals surface area (Å²) < 4.78 is 15.9. The van der Waals surface area contributed by atoms with Gasteiger partial charge in [0.15, 0.2) is 11.5 Å². The molecule has 4 nitrogen and oxygen atoms in total. The van der Waals surface area contributed by atoms with E-state index in [2.05, 4.69) is 13.8 Å². The largest absolute Gasteiger partial charge is 0.493 e. The molecule has 0 spiro atoms. The normalized spacial score (nSPS) is 12.4. The second-order valence-corrected chi connectivity index (χ2v) is 4.91. The lowest BCUT2D eigenvalue weighted by Gasteiger charge is -2.19. The van der Waals surface area contributed by atoms with Crippen LogP contribution in [0.4, 0.5) is 0 Å². The van der Waals surface area contributed by atoms with Crippen molar-refractivity contribution in [2.45, 2.75) is 32.8 Å². The Kier molecular flexibility index (Phi) is 5.96. The van der Waals surface area contributed by atoms with Gasteiger partial charge in [-0.25, -0.2) is 0 Å². The Hall–Kier alpha value is -1.42. The van der Waals surface area contributed by atoms with Crippen molar-refractivity contribution in [3.63, 3.8) is 0 Å². The van der Waals surface area contributed by atoms with Crippen molar-refractivity contribution < 1.29 is 19.3 Å². The van der Waals surface area contributed by atoms with Gasteiger partial charge in [0, 0.05) is 5.56 Å². The first kappa shape index (κ1) is 15.6. The topological polar surface area (TPSA) is 47.9 Å². The van der Waals surface area contributed by atoms with Crippen LogP contribution in [0.2, 0.25) is 0 Å². The molecule has 0 saturated carbocycles. The molecule has 1 aromatic carbocycles. The van der Waals surface area contributed by atoms with Crippen LogP contribution >= 0.6 is 0 Å². The Labute approximate surface area is 115 Å². The van der Waals surface area contributed by atoms with Crippen molar-refractivity contribution in [3.05, 3.63) is 17.7 Å². The molecule has 1 rings (SSSR count). The van der Waals surface area contributed by atoms with E-state index in [1.807, 2.05) is 6.07 Å². The molecule has 0 bridgehead atoms. The number of benzene rings is 1. The van der Waals surface area contributed by atoms with E-state index in [0.29, 0.717) is 29.6 Å². The number of ether oxygens (including phenoxy) is 3. The molecule has 0 fully saturated rings. The van der Waals surface area contributed by atoms with Crippen LogP contribution in [0.25, 0.3) is 0 Å². The second-order valence-electron chi connectivity index (χ2n) is 4.91. The van der Waals surface area contributed by atoms with Gasteiger partial charge in [0.25, 0.3) is 0 Å². The zero-order valence-electron chi connectivity index (χ0n) is 12.4. The van der Waals surface area contributed by atoms with Crippen LogP contribution in [-0.4, -0.2) is 26.4 Å². The van der Waals surface area contributed by atoms with Gasteiger partial charge >= 0.3 is 0 Å². The zero-order valence-corrected chi connectivity index (χ0v) is 12.4. The molecule has 0 aromatic heterocycles. The fourth-order valence-corrected chi connectivity index (χ4v) is 2.03. The van der Waals surface area contributed by atoms with E-state index in [9.17, 15) is 5.11 Å². The molecular formula is C15H24O4. The van der Waals surface area contributed by atoms with Crippen molar-refractivity contribution >= 4 is 0 Å². The van der Waals surface area contributed by atoms with Gasteiger partial charge in [-0.3, -0.25) is 0 Å². The first-order chi connectivity index (χ1) is 9.04. The predicted molar refractivity (Wildman–Crippen MR) is 75.1 cm³/mol. The molecule has 0 radical (unpaired) electrons. The summed E-state index contributed by atoms with van der Waals surface area (Å²) in [5.41, 5.74) is 0.737. The van der Waals surface area contributed by atoms with Crippen LogP contribution in [0.3, 0.4) is 0 Å².